The standard InChI is InChI=1S/C16H14N8O/c25-15-12-13(11-5-2-1-3-6-11)21-24(14(12)17-9-18-15)23-8-4-7-22-16(23)19-10-20-22/h1-3,5-6,9-10H,4,7-8H2,(H,17,18,25). The number of aromatic nitrogens is 7. The first-order valence-electron chi connectivity index (χ1n) is 8.00. The molecule has 0 bridgehead atoms. The van der Waals surface area contributed by atoms with Gasteiger partial charge in [0, 0.05) is 18.7 Å². The van der Waals surface area contributed by atoms with Crippen molar-refractivity contribution in [3.05, 3.63) is 53.3 Å². The Hall–Kier alpha value is -3.49. The second-order valence-corrected chi connectivity index (χ2v) is 5.79. The van der Waals surface area contributed by atoms with E-state index in [0.29, 0.717) is 22.7 Å². The number of aromatic amines is 1. The molecule has 9 heteroatoms. The molecule has 0 unspecified atom stereocenters. The van der Waals surface area contributed by atoms with Gasteiger partial charge in [-0.05, 0) is 6.42 Å². The van der Waals surface area contributed by atoms with Crippen molar-refractivity contribution in [2.75, 3.05) is 11.6 Å². The lowest BCUT2D eigenvalue weighted by molar-refractivity contribution is 0.472. The van der Waals surface area contributed by atoms with Crippen molar-refractivity contribution in [3.8, 4) is 11.3 Å². The zero-order valence-electron chi connectivity index (χ0n) is 13.2. The Bertz CT molecular complexity index is 1110. The molecule has 0 saturated heterocycles. The van der Waals surface area contributed by atoms with Gasteiger partial charge in [0.25, 0.3) is 5.56 Å². The molecule has 0 saturated carbocycles. The van der Waals surface area contributed by atoms with Crippen molar-refractivity contribution in [2.45, 2.75) is 13.0 Å². The molecule has 0 spiro atoms. The minimum atomic E-state index is -0.214. The van der Waals surface area contributed by atoms with E-state index in [-0.39, 0.29) is 5.56 Å². The highest BCUT2D eigenvalue weighted by Crippen LogP contribution is 2.26. The summed E-state index contributed by atoms with van der Waals surface area (Å²) in [5, 5.41) is 11.3. The van der Waals surface area contributed by atoms with Crippen LogP contribution in [0.25, 0.3) is 22.3 Å². The molecule has 0 atom stereocenters. The highest BCUT2D eigenvalue weighted by molar-refractivity contribution is 5.90. The number of rotatable bonds is 2. The van der Waals surface area contributed by atoms with Crippen LogP contribution in [0.15, 0.2) is 47.8 Å². The van der Waals surface area contributed by atoms with Crippen LogP contribution < -0.4 is 10.6 Å². The zero-order chi connectivity index (χ0) is 16.8. The van der Waals surface area contributed by atoms with Gasteiger partial charge in [-0.3, -0.25) is 4.79 Å². The number of fused-ring (bicyclic) bond motifs is 2. The predicted molar refractivity (Wildman–Crippen MR) is 91.0 cm³/mol. The Kier molecular flexibility index (Phi) is 2.93. The van der Waals surface area contributed by atoms with Gasteiger partial charge in [-0.25, -0.2) is 14.7 Å². The second-order valence-electron chi connectivity index (χ2n) is 5.79. The summed E-state index contributed by atoms with van der Waals surface area (Å²) in [6.45, 7) is 1.53. The topological polar surface area (TPSA) is 97.5 Å². The normalized spacial score (nSPS) is 14.0. The first-order chi connectivity index (χ1) is 12.3. The fourth-order valence-electron chi connectivity index (χ4n) is 3.18. The number of H-pyrrole nitrogens is 1. The third-order valence-corrected chi connectivity index (χ3v) is 4.30. The van der Waals surface area contributed by atoms with E-state index >= 15 is 0 Å². The van der Waals surface area contributed by atoms with Gasteiger partial charge >= 0.3 is 0 Å². The van der Waals surface area contributed by atoms with Gasteiger partial charge in [0.2, 0.25) is 5.95 Å². The fourth-order valence-corrected chi connectivity index (χ4v) is 3.18. The molecular weight excluding hydrogens is 320 g/mol. The van der Waals surface area contributed by atoms with Gasteiger partial charge in [-0.1, -0.05) is 30.3 Å². The van der Waals surface area contributed by atoms with E-state index < -0.39 is 0 Å². The van der Waals surface area contributed by atoms with E-state index in [1.54, 1.807) is 4.79 Å². The van der Waals surface area contributed by atoms with Crippen molar-refractivity contribution in [2.24, 2.45) is 0 Å². The summed E-state index contributed by atoms with van der Waals surface area (Å²) in [6.07, 6.45) is 3.82. The van der Waals surface area contributed by atoms with Crippen LogP contribution in [0, 0.1) is 0 Å². The summed E-state index contributed by atoms with van der Waals surface area (Å²) in [7, 11) is 0. The molecule has 4 heterocycles. The number of benzene rings is 1. The van der Waals surface area contributed by atoms with Crippen LogP contribution in [0.3, 0.4) is 0 Å². The highest BCUT2D eigenvalue weighted by Gasteiger charge is 2.26. The molecule has 1 aliphatic rings. The summed E-state index contributed by atoms with van der Waals surface area (Å²) >= 11 is 0. The average Bonchev–Trinajstić information content (AvgIpc) is 3.28. The summed E-state index contributed by atoms with van der Waals surface area (Å²) < 4.78 is 1.83. The first-order valence-corrected chi connectivity index (χ1v) is 8.00. The molecule has 0 amide bonds. The van der Waals surface area contributed by atoms with Gasteiger partial charge in [-0.15, -0.1) is 9.89 Å². The highest BCUT2D eigenvalue weighted by atomic mass is 16.1. The number of nitrogens with one attached hydrogen (secondary N) is 1. The van der Waals surface area contributed by atoms with Crippen LogP contribution in [0.1, 0.15) is 6.42 Å². The monoisotopic (exact) mass is 334 g/mol. The van der Waals surface area contributed by atoms with E-state index in [9.17, 15) is 4.79 Å². The van der Waals surface area contributed by atoms with Crippen LogP contribution in [-0.4, -0.2) is 41.2 Å². The predicted octanol–water partition coefficient (Wildman–Crippen LogP) is 1.05. The number of anilines is 1. The molecule has 1 aromatic carbocycles. The van der Waals surface area contributed by atoms with Gasteiger partial charge in [0.15, 0.2) is 5.65 Å². The zero-order valence-corrected chi connectivity index (χ0v) is 13.2. The number of nitrogens with zero attached hydrogens (tertiary/aromatic N) is 7. The summed E-state index contributed by atoms with van der Waals surface area (Å²) in [4.78, 5) is 25.5. The van der Waals surface area contributed by atoms with Crippen molar-refractivity contribution in [1.82, 2.24) is 34.6 Å². The van der Waals surface area contributed by atoms with Gasteiger partial charge in [0.05, 0.1) is 6.33 Å². The lowest BCUT2D eigenvalue weighted by Crippen LogP contribution is -2.38. The van der Waals surface area contributed by atoms with Crippen molar-refractivity contribution in [3.63, 3.8) is 0 Å². The molecular formula is C16H14N8O. The minimum Gasteiger partial charge on any atom is -0.312 e. The molecule has 0 fully saturated rings. The summed E-state index contributed by atoms with van der Waals surface area (Å²) in [6, 6.07) is 9.62. The molecule has 25 heavy (non-hydrogen) atoms. The van der Waals surface area contributed by atoms with Crippen LogP contribution in [0.4, 0.5) is 5.95 Å². The van der Waals surface area contributed by atoms with Crippen molar-refractivity contribution in [1.29, 1.82) is 0 Å². The van der Waals surface area contributed by atoms with E-state index in [0.717, 1.165) is 25.1 Å². The van der Waals surface area contributed by atoms with E-state index in [1.807, 2.05) is 40.0 Å². The Balaban J connectivity index is 1.79. The average molecular weight is 334 g/mol. The maximum Gasteiger partial charge on any atom is 0.262 e. The Labute approximate surface area is 141 Å². The van der Waals surface area contributed by atoms with E-state index in [4.69, 9.17) is 5.10 Å². The number of hydrogen-bond acceptors (Lipinski definition) is 6. The maximum atomic E-state index is 12.5. The molecule has 0 radical (unpaired) electrons. The van der Waals surface area contributed by atoms with Crippen LogP contribution in [-0.2, 0) is 6.54 Å². The molecule has 3 aromatic heterocycles. The third-order valence-electron chi connectivity index (χ3n) is 4.30. The third kappa shape index (κ3) is 2.05. The molecule has 124 valence electrons. The summed E-state index contributed by atoms with van der Waals surface area (Å²) in [5.41, 5.74) is 1.75. The number of aryl methyl sites for hydroxylation is 1. The Morgan fingerprint density at radius 1 is 1.08 bits per heavy atom. The molecule has 5 rings (SSSR count). The minimum absolute atomic E-state index is 0.214. The van der Waals surface area contributed by atoms with Crippen LogP contribution in [0.2, 0.25) is 0 Å². The molecule has 1 N–H and O–H groups in total. The van der Waals surface area contributed by atoms with E-state index in [1.165, 1.54) is 12.7 Å². The SMILES string of the molecule is O=c1[nH]cnc2c1c(-c1ccccc1)nn2N1CCCn2ncnc21. The largest absolute Gasteiger partial charge is 0.312 e. The van der Waals surface area contributed by atoms with Crippen LogP contribution in [0.5, 0.6) is 0 Å². The molecule has 0 aliphatic carbocycles. The van der Waals surface area contributed by atoms with Crippen LogP contribution >= 0.6 is 0 Å². The molecule has 4 aromatic rings. The smallest absolute Gasteiger partial charge is 0.262 e. The summed E-state index contributed by atoms with van der Waals surface area (Å²) in [5.74, 6) is 0.692. The Morgan fingerprint density at radius 3 is 2.84 bits per heavy atom. The number of hydrogen-bond donors (Lipinski definition) is 1. The van der Waals surface area contributed by atoms with Crippen molar-refractivity contribution >= 4 is 17.0 Å². The second kappa shape index (κ2) is 5.26. The van der Waals surface area contributed by atoms with Gasteiger partial charge < -0.3 is 4.98 Å². The van der Waals surface area contributed by atoms with Crippen molar-refractivity contribution < 1.29 is 0 Å². The molecule has 1 aliphatic heterocycles. The maximum absolute atomic E-state index is 12.5. The quantitative estimate of drug-likeness (QED) is 0.588. The lowest BCUT2D eigenvalue weighted by Gasteiger charge is -2.27. The molecule has 9 nitrogen and oxygen atoms in total. The van der Waals surface area contributed by atoms with E-state index in [2.05, 4.69) is 20.1 Å². The first kappa shape index (κ1) is 13.9. The fraction of sp³-hybridized carbons (Fsp3) is 0.188. The van der Waals surface area contributed by atoms with Gasteiger partial charge in [-0.2, -0.15) is 10.1 Å². The lowest BCUT2D eigenvalue weighted by atomic mass is 10.1. The Morgan fingerprint density at radius 2 is 1.96 bits per heavy atom. The van der Waals surface area contributed by atoms with Gasteiger partial charge in [0.1, 0.15) is 17.4 Å².